The third kappa shape index (κ3) is 3.46. The van der Waals surface area contributed by atoms with Crippen LogP contribution in [0.25, 0.3) is 0 Å². The molecule has 0 aromatic heterocycles. The van der Waals surface area contributed by atoms with Crippen LogP contribution < -0.4 is 5.32 Å². The predicted molar refractivity (Wildman–Crippen MR) is 75.9 cm³/mol. The molecule has 1 N–H and O–H groups in total. The lowest BCUT2D eigenvalue weighted by atomic mass is 9.58. The molecular weight excluding hydrogens is 226 g/mol. The van der Waals surface area contributed by atoms with Gasteiger partial charge in [0.05, 0.1) is 6.10 Å². The van der Waals surface area contributed by atoms with Crippen molar-refractivity contribution in [3.63, 3.8) is 0 Å². The lowest BCUT2D eigenvalue weighted by Crippen LogP contribution is -2.63. The van der Waals surface area contributed by atoms with Gasteiger partial charge in [0, 0.05) is 31.8 Å². The van der Waals surface area contributed by atoms with Gasteiger partial charge in [0.25, 0.3) is 0 Å². The Hall–Kier alpha value is -0.120. The Kier molecular flexibility index (Phi) is 7.20. The highest BCUT2D eigenvalue weighted by Gasteiger charge is 2.52. The van der Waals surface area contributed by atoms with Crippen molar-refractivity contribution in [1.29, 1.82) is 0 Å². The Morgan fingerprint density at radius 1 is 1.17 bits per heavy atom. The molecule has 0 radical (unpaired) electrons. The monoisotopic (exact) mass is 257 g/mol. The van der Waals surface area contributed by atoms with Crippen molar-refractivity contribution >= 4 is 0 Å². The van der Waals surface area contributed by atoms with Gasteiger partial charge in [-0.2, -0.15) is 0 Å². The largest absolute Gasteiger partial charge is 0.385 e. The number of methoxy groups -OCH3 is 1. The molecule has 1 saturated carbocycles. The zero-order valence-electron chi connectivity index (χ0n) is 12.6. The van der Waals surface area contributed by atoms with Crippen molar-refractivity contribution < 1.29 is 9.47 Å². The van der Waals surface area contributed by atoms with Crippen LogP contribution in [0.2, 0.25) is 0 Å². The van der Waals surface area contributed by atoms with Gasteiger partial charge in [0.2, 0.25) is 0 Å². The molecule has 0 bridgehead atoms. The predicted octanol–water partition coefficient (Wildman–Crippen LogP) is 2.99. The van der Waals surface area contributed by atoms with E-state index in [-0.39, 0.29) is 0 Å². The van der Waals surface area contributed by atoms with Crippen LogP contribution in [-0.2, 0) is 9.47 Å². The number of nitrogens with one attached hydrogen (secondary N) is 1. The molecule has 0 aromatic carbocycles. The van der Waals surface area contributed by atoms with E-state index >= 15 is 0 Å². The quantitative estimate of drug-likeness (QED) is 0.610. The van der Waals surface area contributed by atoms with Crippen LogP contribution in [0.3, 0.4) is 0 Å². The summed E-state index contributed by atoms with van der Waals surface area (Å²) in [5.41, 5.74) is 0.363. The second-order valence-corrected chi connectivity index (χ2v) is 5.39. The lowest BCUT2D eigenvalue weighted by molar-refractivity contribution is -0.142. The van der Waals surface area contributed by atoms with Gasteiger partial charge in [-0.1, -0.05) is 20.8 Å². The fourth-order valence-electron chi connectivity index (χ4n) is 3.21. The van der Waals surface area contributed by atoms with Gasteiger partial charge in [0.1, 0.15) is 0 Å². The van der Waals surface area contributed by atoms with Gasteiger partial charge in [-0.25, -0.2) is 0 Å². The van der Waals surface area contributed by atoms with Crippen LogP contribution >= 0.6 is 0 Å². The average molecular weight is 257 g/mol. The van der Waals surface area contributed by atoms with Crippen molar-refractivity contribution in [2.75, 3.05) is 26.9 Å². The molecule has 18 heavy (non-hydrogen) atoms. The first-order valence-corrected chi connectivity index (χ1v) is 7.59. The summed E-state index contributed by atoms with van der Waals surface area (Å²) in [7, 11) is 1.75. The SMILES string of the molecule is CCCNC1CC(OCCCOC)C1(CC)CC. The summed E-state index contributed by atoms with van der Waals surface area (Å²) in [6.45, 7) is 9.59. The van der Waals surface area contributed by atoms with Crippen molar-refractivity contribution in [1.82, 2.24) is 5.32 Å². The topological polar surface area (TPSA) is 30.5 Å². The molecule has 2 unspecified atom stereocenters. The maximum atomic E-state index is 6.07. The first-order chi connectivity index (χ1) is 8.75. The molecule has 3 nitrogen and oxygen atoms in total. The van der Waals surface area contributed by atoms with Crippen LogP contribution in [-0.4, -0.2) is 39.0 Å². The van der Waals surface area contributed by atoms with Crippen LogP contribution in [0, 0.1) is 5.41 Å². The molecule has 1 aliphatic carbocycles. The van der Waals surface area contributed by atoms with Crippen molar-refractivity contribution in [3.05, 3.63) is 0 Å². The molecule has 108 valence electrons. The van der Waals surface area contributed by atoms with E-state index in [9.17, 15) is 0 Å². The van der Waals surface area contributed by atoms with Crippen LogP contribution in [0.5, 0.6) is 0 Å². The Morgan fingerprint density at radius 2 is 1.89 bits per heavy atom. The Labute approximate surface area is 113 Å². The second kappa shape index (κ2) is 8.13. The van der Waals surface area contributed by atoms with E-state index in [1.165, 1.54) is 25.7 Å². The molecule has 1 rings (SSSR count). The Balaban J connectivity index is 2.39. The minimum absolute atomic E-state index is 0.363. The summed E-state index contributed by atoms with van der Waals surface area (Å²) in [4.78, 5) is 0. The van der Waals surface area contributed by atoms with Gasteiger partial charge >= 0.3 is 0 Å². The van der Waals surface area contributed by atoms with E-state index in [1.807, 2.05) is 0 Å². The maximum absolute atomic E-state index is 6.07. The first-order valence-electron chi connectivity index (χ1n) is 7.59. The third-order valence-electron chi connectivity index (χ3n) is 4.55. The lowest BCUT2D eigenvalue weighted by Gasteiger charge is -2.55. The fraction of sp³-hybridized carbons (Fsp3) is 1.00. The Morgan fingerprint density at radius 3 is 2.44 bits per heavy atom. The van der Waals surface area contributed by atoms with Gasteiger partial charge < -0.3 is 14.8 Å². The normalized spacial score (nSPS) is 26.0. The first kappa shape index (κ1) is 15.9. The van der Waals surface area contributed by atoms with Crippen LogP contribution in [0.1, 0.15) is 52.9 Å². The van der Waals surface area contributed by atoms with Crippen LogP contribution in [0.4, 0.5) is 0 Å². The summed E-state index contributed by atoms with van der Waals surface area (Å²) in [5, 5.41) is 3.69. The van der Waals surface area contributed by atoms with E-state index in [0.29, 0.717) is 17.6 Å². The zero-order valence-corrected chi connectivity index (χ0v) is 12.6. The molecule has 1 fully saturated rings. The molecule has 0 aliphatic heterocycles. The van der Waals surface area contributed by atoms with E-state index in [0.717, 1.165) is 26.2 Å². The highest BCUT2D eigenvalue weighted by Crippen LogP contribution is 2.48. The molecule has 0 heterocycles. The van der Waals surface area contributed by atoms with Gasteiger partial charge in [-0.3, -0.25) is 0 Å². The van der Waals surface area contributed by atoms with E-state index in [2.05, 4.69) is 26.1 Å². The van der Waals surface area contributed by atoms with Crippen molar-refractivity contribution in [2.45, 2.75) is 65.0 Å². The molecule has 0 aromatic rings. The highest BCUT2D eigenvalue weighted by molar-refractivity contribution is 5.06. The van der Waals surface area contributed by atoms with Crippen molar-refractivity contribution in [2.24, 2.45) is 5.41 Å². The highest BCUT2D eigenvalue weighted by atomic mass is 16.5. The molecule has 2 atom stereocenters. The summed E-state index contributed by atoms with van der Waals surface area (Å²) < 4.78 is 11.1. The summed E-state index contributed by atoms with van der Waals surface area (Å²) in [5.74, 6) is 0. The Bertz CT molecular complexity index is 215. The third-order valence-corrected chi connectivity index (χ3v) is 4.55. The zero-order chi connectivity index (χ0) is 13.4. The van der Waals surface area contributed by atoms with Gasteiger partial charge in [-0.05, 0) is 38.6 Å². The molecule has 0 spiro atoms. The molecule has 3 heteroatoms. The molecule has 0 saturated heterocycles. The summed E-state index contributed by atoms with van der Waals surface area (Å²) in [6.07, 6.45) is 6.25. The minimum Gasteiger partial charge on any atom is -0.385 e. The molecule has 1 aliphatic rings. The van der Waals surface area contributed by atoms with E-state index in [4.69, 9.17) is 9.47 Å². The summed E-state index contributed by atoms with van der Waals surface area (Å²) in [6, 6.07) is 0.653. The number of ether oxygens (including phenoxy) is 2. The van der Waals surface area contributed by atoms with Crippen molar-refractivity contribution in [3.8, 4) is 0 Å². The standard InChI is InChI=1S/C15H31NO2/c1-5-9-16-13-12-14(15(13,6-2)7-3)18-11-8-10-17-4/h13-14,16H,5-12H2,1-4H3. The van der Waals surface area contributed by atoms with Crippen LogP contribution in [0.15, 0.2) is 0 Å². The van der Waals surface area contributed by atoms with E-state index < -0.39 is 0 Å². The van der Waals surface area contributed by atoms with E-state index in [1.54, 1.807) is 7.11 Å². The fourth-order valence-corrected chi connectivity index (χ4v) is 3.21. The second-order valence-electron chi connectivity index (χ2n) is 5.39. The summed E-state index contributed by atoms with van der Waals surface area (Å²) >= 11 is 0. The number of hydrogen-bond acceptors (Lipinski definition) is 3. The molecule has 0 amide bonds. The number of rotatable bonds is 10. The van der Waals surface area contributed by atoms with Gasteiger partial charge in [-0.15, -0.1) is 0 Å². The number of hydrogen-bond donors (Lipinski definition) is 1. The average Bonchev–Trinajstić information content (AvgIpc) is 2.38. The smallest absolute Gasteiger partial charge is 0.0661 e. The molecular formula is C15H31NO2. The van der Waals surface area contributed by atoms with Gasteiger partial charge in [0.15, 0.2) is 0 Å². The minimum atomic E-state index is 0.363. The maximum Gasteiger partial charge on any atom is 0.0661 e.